The number of nitrogens with zero attached hydrogens (tertiary/aromatic N) is 3. The molecule has 0 aliphatic carbocycles. The van der Waals surface area contributed by atoms with Crippen LogP contribution in [0.15, 0.2) is 47.5 Å². The third-order valence-electron chi connectivity index (χ3n) is 6.14. The van der Waals surface area contributed by atoms with E-state index in [1.807, 2.05) is 0 Å². The number of alkyl halides is 3. The zero-order chi connectivity index (χ0) is 25.6. The fraction of sp³-hybridized carbons (Fsp3) is 0.292. The number of carbonyl (C=O) groups excluding carboxylic acids is 2. The van der Waals surface area contributed by atoms with Crippen molar-refractivity contribution in [3.63, 3.8) is 0 Å². The molecule has 2 aliphatic rings. The second-order valence-electron chi connectivity index (χ2n) is 8.71. The van der Waals surface area contributed by atoms with Crippen LogP contribution in [-0.2, 0) is 17.5 Å². The molecule has 7 nitrogen and oxygen atoms in total. The van der Waals surface area contributed by atoms with Crippen LogP contribution in [-0.4, -0.2) is 56.2 Å². The number of rotatable bonds is 5. The molecule has 2 aliphatic heterocycles. The lowest BCUT2D eigenvalue weighted by molar-refractivity contribution is -0.138. The minimum absolute atomic E-state index is 0.00236. The topological polar surface area (TPSA) is 87.5 Å². The van der Waals surface area contributed by atoms with Gasteiger partial charge in [-0.3, -0.25) is 19.2 Å². The van der Waals surface area contributed by atoms with Gasteiger partial charge in [0, 0.05) is 29.5 Å². The van der Waals surface area contributed by atoms with Crippen LogP contribution < -0.4 is 5.32 Å². The molecule has 3 aromatic rings. The highest BCUT2D eigenvalue weighted by atomic mass is 35.5. The number of aliphatic hydroxyl groups is 1. The molecule has 12 heteroatoms. The lowest BCUT2D eigenvalue weighted by atomic mass is 10.1. The average Bonchev–Trinajstić information content (AvgIpc) is 3.48. The van der Waals surface area contributed by atoms with Gasteiger partial charge < -0.3 is 10.4 Å². The fourth-order valence-corrected chi connectivity index (χ4v) is 5.42. The molecule has 2 aromatic carbocycles. The van der Waals surface area contributed by atoms with E-state index in [0.29, 0.717) is 29.4 Å². The van der Waals surface area contributed by atoms with Crippen molar-refractivity contribution in [2.45, 2.75) is 31.3 Å². The molecule has 5 rings (SSSR count). The van der Waals surface area contributed by atoms with E-state index < -0.39 is 23.8 Å². The highest BCUT2D eigenvalue weighted by Crippen LogP contribution is 2.35. The molecule has 2 saturated heterocycles. The lowest BCUT2D eigenvalue weighted by Crippen LogP contribution is -2.39. The Hall–Kier alpha value is -2.86. The number of hydrogen-bond acceptors (Lipinski definition) is 6. The number of imide groups is 1. The Bertz CT molecular complexity index is 1390. The van der Waals surface area contributed by atoms with Gasteiger partial charge >= 0.3 is 6.18 Å². The first kappa shape index (κ1) is 24.8. The molecule has 0 spiro atoms. The Morgan fingerprint density at radius 3 is 2.75 bits per heavy atom. The van der Waals surface area contributed by atoms with E-state index in [1.54, 1.807) is 30.5 Å². The minimum Gasteiger partial charge on any atom is -0.392 e. The van der Waals surface area contributed by atoms with E-state index in [4.69, 9.17) is 11.6 Å². The van der Waals surface area contributed by atoms with Crippen LogP contribution in [0.4, 0.5) is 18.0 Å². The van der Waals surface area contributed by atoms with Crippen molar-refractivity contribution in [1.29, 1.82) is 0 Å². The molecule has 188 valence electrons. The van der Waals surface area contributed by atoms with Crippen molar-refractivity contribution in [3.8, 4) is 0 Å². The molecular weight excluding hydrogens is 517 g/mol. The number of benzene rings is 2. The van der Waals surface area contributed by atoms with Crippen molar-refractivity contribution in [2.75, 3.05) is 13.1 Å². The summed E-state index contributed by atoms with van der Waals surface area (Å²) in [5.41, 5.74) is 0.505. The zero-order valence-electron chi connectivity index (χ0n) is 18.6. The van der Waals surface area contributed by atoms with Gasteiger partial charge in [0.05, 0.1) is 34.8 Å². The summed E-state index contributed by atoms with van der Waals surface area (Å²) in [5.74, 6) is -0.397. The second kappa shape index (κ2) is 9.55. The number of aliphatic hydroxyl groups excluding tert-OH is 1. The van der Waals surface area contributed by atoms with Crippen LogP contribution in [0.3, 0.4) is 0 Å². The normalized spacial score (nSPS) is 21.9. The van der Waals surface area contributed by atoms with E-state index in [0.717, 1.165) is 17.8 Å². The quantitative estimate of drug-likeness (QED) is 0.466. The number of aromatic nitrogens is 2. The summed E-state index contributed by atoms with van der Waals surface area (Å²) in [5, 5.41) is 17.3. The van der Waals surface area contributed by atoms with Gasteiger partial charge in [0.25, 0.3) is 11.1 Å². The largest absolute Gasteiger partial charge is 0.416 e. The lowest BCUT2D eigenvalue weighted by Gasteiger charge is -2.17. The van der Waals surface area contributed by atoms with E-state index >= 15 is 0 Å². The molecular formula is C24H20ClF3N4O3S. The summed E-state index contributed by atoms with van der Waals surface area (Å²) in [6.07, 6.45) is -1.41. The van der Waals surface area contributed by atoms with Crippen molar-refractivity contribution in [2.24, 2.45) is 0 Å². The number of halogens is 4. The number of amides is 2. The summed E-state index contributed by atoms with van der Waals surface area (Å²) in [7, 11) is 0. The van der Waals surface area contributed by atoms with Gasteiger partial charge in [0.2, 0.25) is 0 Å². The summed E-state index contributed by atoms with van der Waals surface area (Å²) in [6.45, 7) is 0.521. The Morgan fingerprint density at radius 2 is 2.03 bits per heavy atom. The summed E-state index contributed by atoms with van der Waals surface area (Å²) < 4.78 is 41.9. The minimum atomic E-state index is -4.55. The van der Waals surface area contributed by atoms with Gasteiger partial charge in [-0.1, -0.05) is 23.7 Å². The van der Waals surface area contributed by atoms with Crippen LogP contribution in [0.1, 0.15) is 23.1 Å². The van der Waals surface area contributed by atoms with Gasteiger partial charge in [0.15, 0.2) is 0 Å². The number of nitrogens with one attached hydrogen (secondary N) is 1. The molecule has 0 unspecified atom stereocenters. The summed E-state index contributed by atoms with van der Waals surface area (Å²) in [6, 6.07) is 8.70. The van der Waals surface area contributed by atoms with Crippen molar-refractivity contribution >= 4 is 51.5 Å². The number of carbonyl (C=O) groups is 2. The maximum Gasteiger partial charge on any atom is 0.416 e. The standard InChI is InChI=1S/C24H20ClF3N4O3S/c25-16-3-2-14(19(7-16)24(26,27)28)11-32-20-4-1-13(5-15(20)9-30-32)6-21-22(34)31(23(35)36-21)12-17-8-18(33)10-29-17/h1-7,9,17-18,29,33H,8,10-12H2/t17-,18+/m0/s1. The second-order valence-corrected chi connectivity index (χ2v) is 10.1. The Kier molecular flexibility index (Phi) is 6.58. The van der Waals surface area contributed by atoms with Crippen molar-refractivity contribution < 1.29 is 27.9 Å². The van der Waals surface area contributed by atoms with E-state index in [1.165, 1.54) is 21.7 Å². The summed E-state index contributed by atoms with van der Waals surface area (Å²) in [4.78, 5) is 26.7. The summed E-state index contributed by atoms with van der Waals surface area (Å²) >= 11 is 6.62. The highest BCUT2D eigenvalue weighted by molar-refractivity contribution is 8.18. The fourth-order valence-electron chi connectivity index (χ4n) is 4.40. The van der Waals surface area contributed by atoms with E-state index in [9.17, 15) is 27.9 Å². The predicted octanol–water partition coefficient (Wildman–Crippen LogP) is 4.52. The van der Waals surface area contributed by atoms with Gasteiger partial charge in [-0.05, 0) is 59.7 Å². The first-order valence-electron chi connectivity index (χ1n) is 11.1. The first-order chi connectivity index (χ1) is 17.1. The van der Waals surface area contributed by atoms with Gasteiger partial charge in [-0.15, -0.1) is 0 Å². The molecule has 2 atom stereocenters. The molecule has 2 amide bonds. The number of β-amino-alcohol motifs (C(OH)–C–C–N with tert-alkyl or cyclic N) is 1. The maximum absolute atomic E-state index is 13.5. The molecule has 0 radical (unpaired) electrons. The Morgan fingerprint density at radius 1 is 1.22 bits per heavy atom. The van der Waals surface area contributed by atoms with Crippen LogP contribution >= 0.6 is 23.4 Å². The monoisotopic (exact) mass is 536 g/mol. The molecule has 2 N–H and O–H groups in total. The zero-order valence-corrected chi connectivity index (χ0v) is 20.2. The van der Waals surface area contributed by atoms with Crippen LogP contribution in [0.2, 0.25) is 5.02 Å². The van der Waals surface area contributed by atoms with E-state index in [2.05, 4.69) is 10.4 Å². The molecule has 1 aromatic heterocycles. The molecule has 0 bridgehead atoms. The Balaban J connectivity index is 1.36. The molecule has 36 heavy (non-hydrogen) atoms. The maximum atomic E-state index is 13.5. The van der Waals surface area contributed by atoms with Gasteiger partial charge in [-0.2, -0.15) is 18.3 Å². The first-order valence-corrected chi connectivity index (χ1v) is 12.3. The van der Waals surface area contributed by atoms with Gasteiger partial charge in [-0.25, -0.2) is 0 Å². The highest BCUT2D eigenvalue weighted by Gasteiger charge is 2.38. The van der Waals surface area contributed by atoms with Gasteiger partial charge in [0.1, 0.15) is 0 Å². The molecule has 2 fully saturated rings. The van der Waals surface area contributed by atoms with Crippen molar-refractivity contribution in [3.05, 3.63) is 69.2 Å². The van der Waals surface area contributed by atoms with Crippen LogP contribution in [0.25, 0.3) is 17.0 Å². The molecule has 0 saturated carbocycles. The van der Waals surface area contributed by atoms with Crippen LogP contribution in [0.5, 0.6) is 0 Å². The van der Waals surface area contributed by atoms with Crippen molar-refractivity contribution in [1.82, 2.24) is 20.0 Å². The number of hydrogen-bond donors (Lipinski definition) is 2. The smallest absolute Gasteiger partial charge is 0.392 e. The SMILES string of the molecule is O=C1SC(=Cc2ccc3c(cnn3Cc3ccc(Cl)cc3C(F)(F)F)c2)C(=O)N1C[C@@H]1C[C@@H](O)CN1. The third-order valence-corrected chi connectivity index (χ3v) is 7.28. The Labute approximate surface area is 212 Å². The third kappa shape index (κ3) is 5.01. The van der Waals surface area contributed by atoms with E-state index in [-0.39, 0.29) is 39.9 Å². The molecule has 3 heterocycles. The number of fused-ring (bicyclic) bond motifs is 1. The predicted molar refractivity (Wildman–Crippen MR) is 130 cm³/mol. The average molecular weight is 537 g/mol. The number of thioether (sulfide) groups is 1. The van der Waals surface area contributed by atoms with Crippen LogP contribution in [0, 0.1) is 0 Å².